The van der Waals surface area contributed by atoms with Crippen LogP contribution in [0.3, 0.4) is 0 Å². The van der Waals surface area contributed by atoms with Gasteiger partial charge in [-0.15, -0.1) is 0 Å². The number of aromatic amines is 1. The molecular formula is C20H19N5O3S. The van der Waals surface area contributed by atoms with Gasteiger partial charge in [0.1, 0.15) is 10.5 Å². The van der Waals surface area contributed by atoms with Crippen molar-refractivity contribution in [1.82, 2.24) is 14.3 Å². The van der Waals surface area contributed by atoms with Crippen molar-refractivity contribution in [3.8, 4) is 6.07 Å². The summed E-state index contributed by atoms with van der Waals surface area (Å²) in [6.07, 6.45) is 3.08. The van der Waals surface area contributed by atoms with E-state index < -0.39 is 10.0 Å². The Morgan fingerprint density at radius 3 is 2.66 bits per heavy atom. The molecular weight excluding hydrogens is 390 g/mol. The number of hydrogen-bond donors (Lipinski definition) is 1. The van der Waals surface area contributed by atoms with Crippen LogP contribution in [0.5, 0.6) is 0 Å². The summed E-state index contributed by atoms with van der Waals surface area (Å²) in [6, 6.07) is 10.5. The topological polar surface area (TPSA) is 110 Å². The zero-order valence-corrected chi connectivity index (χ0v) is 16.6. The molecule has 0 radical (unpaired) electrons. The van der Waals surface area contributed by atoms with Gasteiger partial charge in [0.25, 0.3) is 0 Å². The molecule has 29 heavy (non-hydrogen) atoms. The number of nitrogens with one attached hydrogen (secondary N) is 1. The molecule has 0 saturated carbocycles. The van der Waals surface area contributed by atoms with E-state index in [4.69, 9.17) is 0 Å². The van der Waals surface area contributed by atoms with E-state index in [-0.39, 0.29) is 23.8 Å². The van der Waals surface area contributed by atoms with Crippen LogP contribution in [-0.4, -0.2) is 54.7 Å². The standard InChI is InChI=1S/C20H19N5O3S/c1-14(26)16-5-4-15(12-21)11-18(16)24-7-9-25(10-8-24)29(27,28)19-13-23-20-17(19)3-2-6-22-20/h2-6,11,13H,7-10H2,1H3,(H,22,23). The summed E-state index contributed by atoms with van der Waals surface area (Å²) in [7, 11) is -3.67. The van der Waals surface area contributed by atoms with Crippen molar-refractivity contribution in [2.75, 3.05) is 31.1 Å². The van der Waals surface area contributed by atoms with Crippen LogP contribution in [0.2, 0.25) is 0 Å². The third-order valence-corrected chi connectivity index (χ3v) is 7.05. The van der Waals surface area contributed by atoms with Crippen molar-refractivity contribution < 1.29 is 13.2 Å². The summed E-state index contributed by atoms with van der Waals surface area (Å²) in [5.41, 5.74) is 2.20. The number of H-pyrrole nitrogens is 1. The van der Waals surface area contributed by atoms with Gasteiger partial charge in [0.15, 0.2) is 5.78 Å². The Bertz CT molecular complexity index is 1230. The number of aromatic nitrogens is 2. The van der Waals surface area contributed by atoms with Crippen molar-refractivity contribution in [3.05, 3.63) is 53.9 Å². The molecule has 9 heteroatoms. The summed E-state index contributed by atoms with van der Waals surface area (Å²) < 4.78 is 27.7. The molecule has 1 saturated heterocycles. The van der Waals surface area contributed by atoms with Gasteiger partial charge in [-0.05, 0) is 37.3 Å². The van der Waals surface area contributed by atoms with Crippen molar-refractivity contribution in [1.29, 1.82) is 5.26 Å². The van der Waals surface area contributed by atoms with E-state index in [1.165, 1.54) is 17.4 Å². The number of anilines is 1. The number of fused-ring (bicyclic) bond motifs is 1. The molecule has 0 amide bonds. The second-order valence-corrected chi connectivity index (χ2v) is 8.75. The first-order valence-corrected chi connectivity index (χ1v) is 10.6. The fourth-order valence-corrected chi connectivity index (χ4v) is 5.19. The smallest absolute Gasteiger partial charge is 0.245 e. The quantitative estimate of drug-likeness (QED) is 0.661. The predicted molar refractivity (Wildman–Crippen MR) is 108 cm³/mol. The summed E-state index contributed by atoms with van der Waals surface area (Å²) in [4.78, 5) is 21.2. The van der Waals surface area contributed by atoms with Crippen LogP contribution in [-0.2, 0) is 10.0 Å². The van der Waals surface area contributed by atoms with Crippen molar-refractivity contribution in [2.24, 2.45) is 0 Å². The first-order valence-electron chi connectivity index (χ1n) is 9.14. The highest BCUT2D eigenvalue weighted by atomic mass is 32.2. The van der Waals surface area contributed by atoms with Crippen LogP contribution in [0.25, 0.3) is 11.0 Å². The average Bonchev–Trinajstić information content (AvgIpc) is 3.18. The zero-order chi connectivity index (χ0) is 20.6. The minimum absolute atomic E-state index is 0.0918. The highest BCUT2D eigenvalue weighted by Crippen LogP contribution is 2.28. The molecule has 8 nitrogen and oxygen atoms in total. The number of piperazine rings is 1. The Labute approximate surface area is 168 Å². The van der Waals surface area contributed by atoms with E-state index in [0.29, 0.717) is 40.9 Å². The van der Waals surface area contributed by atoms with Crippen LogP contribution < -0.4 is 4.90 Å². The maximum atomic E-state index is 13.1. The lowest BCUT2D eigenvalue weighted by atomic mass is 10.0. The number of hydrogen-bond acceptors (Lipinski definition) is 6. The maximum absolute atomic E-state index is 13.1. The van der Waals surface area contributed by atoms with Crippen LogP contribution in [0.4, 0.5) is 5.69 Å². The molecule has 1 N–H and O–H groups in total. The summed E-state index contributed by atoms with van der Waals surface area (Å²) in [5, 5.41) is 9.75. The number of nitriles is 1. The predicted octanol–water partition coefficient (Wildman–Crippen LogP) is 2.15. The molecule has 0 unspecified atom stereocenters. The first-order chi connectivity index (χ1) is 13.9. The molecule has 0 bridgehead atoms. The Morgan fingerprint density at radius 2 is 1.97 bits per heavy atom. The van der Waals surface area contributed by atoms with Gasteiger partial charge in [-0.2, -0.15) is 9.57 Å². The molecule has 3 aromatic rings. The lowest BCUT2D eigenvalue weighted by Gasteiger charge is -2.36. The van der Waals surface area contributed by atoms with Gasteiger partial charge in [-0.1, -0.05) is 0 Å². The fourth-order valence-electron chi connectivity index (χ4n) is 3.61. The molecule has 2 aromatic heterocycles. The molecule has 1 fully saturated rings. The highest BCUT2D eigenvalue weighted by molar-refractivity contribution is 7.89. The van der Waals surface area contributed by atoms with Crippen LogP contribution in [0.1, 0.15) is 22.8 Å². The molecule has 0 atom stereocenters. The largest absolute Gasteiger partial charge is 0.368 e. The highest BCUT2D eigenvalue weighted by Gasteiger charge is 2.31. The third-order valence-electron chi connectivity index (χ3n) is 5.12. The number of Topliss-reactive ketones (excluding diaryl/α,β-unsaturated/α-hetero) is 1. The molecule has 0 spiro atoms. The fraction of sp³-hybridized carbons (Fsp3) is 0.250. The van der Waals surface area contributed by atoms with Gasteiger partial charge >= 0.3 is 0 Å². The van der Waals surface area contributed by atoms with Crippen LogP contribution >= 0.6 is 0 Å². The van der Waals surface area contributed by atoms with Crippen LogP contribution in [0, 0.1) is 11.3 Å². The number of sulfonamides is 1. The average molecular weight is 409 g/mol. The van der Waals surface area contributed by atoms with E-state index in [2.05, 4.69) is 16.0 Å². The second-order valence-electron chi connectivity index (χ2n) is 6.84. The van der Waals surface area contributed by atoms with E-state index in [9.17, 15) is 18.5 Å². The van der Waals surface area contributed by atoms with E-state index in [1.54, 1.807) is 36.5 Å². The molecule has 4 rings (SSSR count). The lowest BCUT2D eigenvalue weighted by molar-refractivity contribution is 0.101. The van der Waals surface area contributed by atoms with Gasteiger partial charge in [-0.25, -0.2) is 13.4 Å². The Hall–Kier alpha value is -3.22. The molecule has 1 aliphatic rings. The van der Waals surface area contributed by atoms with Crippen molar-refractivity contribution in [2.45, 2.75) is 11.8 Å². The number of pyridine rings is 1. The van der Waals surface area contributed by atoms with E-state index in [0.717, 1.165) is 0 Å². The second kappa shape index (κ2) is 7.31. The normalized spacial score (nSPS) is 15.4. The summed E-state index contributed by atoms with van der Waals surface area (Å²) >= 11 is 0. The number of benzene rings is 1. The minimum Gasteiger partial charge on any atom is -0.368 e. The third kappa shape index (κ3) is 3.37. The Balaban J connectivity index is 1.59. The van der Waals surface area contributed by atoms with Crippen molar-refractivity contribution >= 4 is 32.5 Å². The first kappa shape index (κ1) is 19.1. The SMILES string of the molecule is CC(=O)c1ccc(C#N)cc1N1CCN(S(=O)(=O)c2c[nH]c3ncccc23)CC1. The number of rotatable bonds is 4. The molecule has 3 heterocycles. The monoisotopic (exact) mass is 409 g/mol. The molecule has 0 aliphatic carbocycles. The zero-order valence-electron chi connectivity index (χ0n) is 15.8. The van der Waals surface area contributed by atoms with Crippen LogP contribution in [0.15, 0.2) is 47.6 Å². The van der Waals surface area contributed by atoms with E-state index >= 15 is 0 Å². The maximum Gasteiger partial charge on any atom is 0.245 e. The number of carbonyl (C=O) groups excluding carboxylic acids is 1. The molecule has 1 aromatic carbocycles. The van der Waals surface area contributed by atoms with E-state index in [1.807, 2.05) is 4.90 Å². The van der Waals surface area contributed by atoms with Gasteiger partial charge in [-0.3, -0.25) is 4.79 Å². The minimum atomic E-state index is -3.67. The summed E-state index contributed by atoms with van der Waals surface area (Å²) in [6.45, 7) is 2.90. The number of ketones is 1. The van der Waals surface area contributed by atoms with Crippen molar-refractivity contribution in [3.63, 3.8) is 0 Å². The van der Waals surface area contributed by atoms with Gasteiger partial charge in [0.05, 0.1) is 11.6 Å². The lowest BCUT2D eigenvalue weighted by Crippen LogP contribution is -2.49. The molecule has 148 valence electrons. The number of nitrogens with zero attached hydrogens (tertiary/aromatic N) is 4. The number of carbonyl (C=O) groups is 1. The molecule has 1 aliphatic heterocycles. The Kier molecular flexibility index (Phi) is 4.82. The van der Waals surface area contributed by atoms with Gasteiger partial charge in [0.2, 0.25) is 10.0 Å². The van der Waals surface area contributed by atoms with Gasteiger partial charge < -0.3 is 9.88 Å². The Morgan fingerprint density at radius 1 is 1.21 bits per heavy atom. The van der Waals surface area contributed by atoms with Gasteiger partial charge in [0, 0.05) is 55.2 Å². The summed E-state index contributed by atoms with van der Waals surface area (Å²) in [5.74, 6) is -0.0918.